The molecule has 0 amide bonds. The maximum Gasteiger partial charge on any atom is 0.188 e. The van der Waals surface area contributed by atoms with Crippen molar-refractivity contribution >= 4 is 23.2 Å². The molecular weight excluding hydrogens is 335 g/mol. The van der Waals surface area contributed by atoms with E-state index in [-0.39, 0.29) is 12.5 Å². The number of hydrogen-bond donors (Lipinski definition) is 1. The molecule has 23 heavy (non-hydrogen) atoms. The van der Waals surface area contributed by atoms with E-state index in [0.29, 0.717) is 22.4 Å². The average Bonchev–Trinajstić information content (AvgIpc) is 2.49. The van der Waals surface area contributed by atoms with Crippen molar-refractivity contribution in [1.82, 2.24) is 0 Å². The summed E-state index contributed by atoms with van der Waals surface area (Å²) in [5.41, 5.74) is 2.98. The lowest BCUT2D eigenvalue weighted by atomic mass is 9.96. The van der Waals surface area contributed by atoms with E-state index in [0.717, 1.165) is 22.4 Å². The first-order valence-electron chi connectivity index (χ1n) is 7.33. The third-order valence-electron chi connectivity index (χ3n) is 3.54. The van der Waals surface area contributed by atoms with Gasteiger partial charge in [-0.3, -0.25) is 0 Å². The molecule has 0 aliphatic rings. The summed E-state index contributed by atoms with van der Waals surface area (Å²) in [7, 11) is 1.60. The standard InChI is InChI=1S/C18H20Cl2O3/c1-11(2)14-6-12(4-5-18(14)23-10-22-3)7-15-16(19)8-13(21)9-17(15)20/h4-6,8-9,11,21H,7,10H2,1-3H3. The zero-order valence-corrected chi connectivity index (χ0v) is 14.9. The summed E-state index contributed by atoms with van der Waals surface area (Å²) in [4.78, 5) is 0. The van der Waals surface area contributed by atoms with Gasteiger partial charge in [0.2, 0.25) is 0 Å². The molecule has 3 nitrogen and oxygen atoms in total. The number of phenolic OH excluding ortho intramolecular Hbond substituents is 1. The van der Waals surface area contributed by atoms with Gasteiger partial charge in [-0.15, -0.1) is 0 Å². The summed E-state index contributed by atoms with van der Waals surface area (Å²) >= 11 is 12.4. The number of phenols is 1. The maximum atomic E-state index is 9.52. The molecule has 0 aromatic heterocycles. The summed E-state index contributed by atoms with van der Waals surface area (Å²) < 4.78 is 10.6. The highest BCUT2D eigenvalue weighted by Crippen LogP contribution is 2.33. The quantitative estimate of drug-likeness (QED) is 0.706. The van der Waals surface area contributed by atoms with Crippen LogP contribution in [0.15, 0.2) is 30.3 Å². The number of aromatic hydroxyl groups is 1. The number of rotatable bonds is 6. The first kappa shape index (κ1) is 17.9. The van der Waals surface area contributed by atoms with Gasteiger partial charge in [-0.1, -0.05) is 49.2 Å². The van der Waals surface area contributed by atoms with Crippen molar-refractivity contribution in [1.29, 1.82) is 0 Å². The van der Waals surface area contributed by atoms with E-state index in [1.54, 1.807) is 7.11 Å². The van der Waals surface area contributed by atoms with Gasteiger partial charge in [0, 0.05) is 23.6 Å². The smallest absolute Gasteiger partial charge is 0.188 e. The topological polar surface area (TPSA) is 38.7 Å². The second-order valence-corrected chi connectivity index (χ2v) is 6.46. The van der Waals surface area contributed by atoms with Crippen molar-refractivity contribution in [3.63, 3.8) is 0 Å². The molecule has 1 N–H and O–H groups in total. The van der Waals surface area contributed by atoms with E-state index in [9.17, 15) is 5.11 Å². The van der Waals surface area contributed by atoms with Gasteiger partial charge in [0.25, 0.3) is 0 Å². The molecule has 0 aliphatic carbocycles. The Morgan fingerprint density at radius 1 is 1.09 bits per heavy atom. The van der Waals surface area contributed by atoms with Crippen LogP contribution in [0.4, 0.5) is 0 Å². The molecule has 0 heterocycles. The van der Waals surface area contributed by atoms with Crippen LogP contribution in [-0.2, 0) is 11.2 Å². The molecule has 5 heteroatoms. The monoisotopic (exact) mass is 354 g/mol. The number of ether oxygens (including phenoxy) is 2. The van der Waals surface area contributed by atoms with Crippen molar-refractivity contribution in [3.05, 3.63) is 57.1 Å². The van der Waals surface area contributed by atoms with Gasteiger partial charge in [0.05, 0.1) is 0 Å². The van der Waals surface area contributed by atoms with Crippen LogP contribution in [-0.4, -0.2) is 19.0 Å². The fourth-order valence-electron chi connectivity index (χ4n) is 2.38. The predicted molar refractivity (Wildman–Crippen MR) is 94.0 cm³/mol. The van der Waals surface area contributed by atoms with Crippen LogP contribution in [0, 0.1) is 0 Å². The molecule has 0 bridgehead atoms. The summed E-state index contributed by atoms with van der Waals surface area (Å²) in [6, 6.07) is 9.02. The van der Waals surface area contributed by atoms with Crippen LogP contribution in [0.1, 0.15) is 36.5 Å². The molecule has 2 aromatic rings. The minimum absolute atomic E-state index is 0.0648. The van der Waals surface area contributed by atoms with Gasteiger partial charge >= 0.3 is 0 Å². The minimum atomic E-state index is 0.0648. The van der Waals surface area contributed by atoms with Crippen molar-refractivity contribution in [3.8, 4) is 11.5 Å². The lowest BCUT2D eigenvalue weighted by Gasteiger charge is -2.16. The molecule has 2 aromatic carbocycles. The fraction of sp³-hybridized carbons (Fsp3) is 0.333. The fourth-order valence-corrected chi connectivity index (χ4v) is 2.98. The lowest BCUT2D eigenvalue weighted by molar-refractivity contribution is 0.0502. The number of benzene rings is 2. The van der Waals surface area contributed by atoms with Gasteiger partial charge in [0.1, 0.15) is 11.5 Å². The Morgan fingerprint density at radius 3 is 2.30 bits per heavy atom. The molecule has 0 radical (unpaired) electrons. The zero-order valence-electron chi connectivity index (χ0n) is 13.4. The van der Waals surface area contributed by atoms with Crippen LogP contribution >= 0.6 is 23.2 Å². The van der Waals surface area contributed by atoms with Crippen LogP contribution in [0.3, 0.4) is 0 Å². The number of halogens is 2. The first-order valence-corrected chi connectivity index (χ1v) is 8.09. The van der Waals surface area contributed by atoms with Crippen LogP contribution in [0.5, 0.6) is 11.5 Å². The van der Waals surface area contributed by atoms with Crippen molar-refractivity contribution in [2.75, 3.05) is 13.9 Å². The van der Waals surface area contributed by atoms with Crippen LogP contribution in [0.25, 0.3) is 0 Å². The molecule has 0 saturated heterocycles. The van der Waals surface area contributed by atoms with E-state index < -0.39 is 0 Å². The third kappa shape index (κ3) is 4.54. The molecule has 0 spiro atoms. The van der Waals surface area contributed by atoms with Crippen molar-refractivity contribution in [2.24, 2.45) is 0 Å². The minimum Gasteiger partial charge on any atom is -0.508 e. The van der Waals surface area contributed by atoms with Crippen molar-refractivity contribution < 1.29 is 14.6 Å². The molecule has 0 unspecified atom stereocenters. The van der Waals surface area contributed by atoms with Gasteiger partial charge in [-0.05, 0) is 40.8 Å². The van der Waals surface area contributed by atoms with E-state index in [4.69, 9.17) is 32.7 Å². The lowest BCUT2D eigenvalue weighted by Crippen LogP contribution is -2.03. The Labute approximate surface area is 146 Å². The summed E-state index contributed by atoms with van der Waals surface area (Å²) in [6.45, 7) is 4.44. The highest BCUT2D eigenvalue weighted by atomic mass is 35.5. The highest BCUT2D eigenvalue weighted by molar-refractivity contribution is 6.36. The van der Waals surface area contributed by atoms with Crippen LogP contribution < -0.4 is 4.74 Å². The predicted octanol–water partition coefficient (Wildman–Crippen LogP) is 5.40. The van der Waals surface area contributed by atoms with E-state index in [2.05, 4.69) is 19.9 Å². The zero-order chi connectivity index (χ0) is 17.0. The highest BCUT2D eigenvalue weighted by Gasteiger charge is 2.13. The SMILES string of the molecule is COCOc1ccc(Cc2c(Cl)cc(O)cc2Cl)cc1C(C)C. The maximum absolute atomic E-state index is 9.52. The van der Waals surface area contributed by atoms with Gasteiger partial charge < -0.3 is 14.6 Å². The summed E-state index contributed by atoms with van der Waals surface area (Å²) in [5, 5.41) is 10.4. The van der Waals surface area contributed by atoms with Gasteiger partial charge in [0.15, 0.2) is 6.79 Å². The largest absolute Gasteiger partial charge is 0.508 e. The van der Waals surface area contributed by atoms with E-state index in [1.165, 1.54) is 12.1 Å². The molecule has 0 fully saturated rings. The first-order chi connectivity index (χ1) is 10.9. The molecule has 0 atom stereocenters. The normalized spacial score (nSPS) is 11.0. The summed E-state index contributed by atoms with van der Waals surface area (Å²) in [5.74, 6) is 1.19. The van der Waals surface area contributed by atoms with Crippen molar-refractivity contribution in [2.45, 2.75) is 26.2 Å². The molecule has 2 rings (SSSR count). The molecular formula is C18H20Cl2O3. The number of hydrogen-bond acceptors (Lipinski definition) is 3. The average molecular weight is 355 g/mol. The Kier molecular flexibility index (Phi) is 6.17. The van der Waals surface area contributed by atoms with E-state index in [1.807, 2.05) is 12.1 Å². The van der Waals surface area contributed by atoms with Gasteiger partial charge in [-0.2, -0.15) is 0 Å². The Bertz CT molecular complexity index is 661. The Balaban J connectivity index is 2.32. The van der Waals surface area contributed by atoms with Crippen LogP contribution in [0.2, 0.25) is 10.0 Å². The van der Waals surface area contributed by atoms with E-state index >= 15 is 0 Å². The Morgan fingerprint density at radius 2 is 1.74 bits per heavy atom. The van der Waals surface area contributed by atoms with Gasteiger partial charge in [-0.25, -0.2) is 0 Å². The Hall–Kier alpha value is -1.42. The third-order valence-corrected chi connectivity index (χ3v) is 4.21. The molecule has 0 aliphatic heterocycles. The number of methoxy groups -OCH3 is 1. The summed E-state index contributed by atoms with van der Waals surface area (Å²) in [6.07, 6.45) is 0.586. The second-order valence-electron chi connectivity index (χ2n) is 5.64. The molecule has 124 valence electrons. The second kappa shape index (κ2) is 7.91. The molecule has 0 saturated carbocycles.